The van der Waals surface area contributed by atoms with E-state index < -0.39 is 5.97 Å². The third kappa shape index (κ3) is 1.30. The fourth-order valence-corrected chi connectivity index (χ4v) is 1.57. The molecule has 0 amide bonds. The zero-order valence-electron chi connectivity index (χ0n) is 6.61. The average Bonchev–Trinajstić information content (AvgIpc) is 2.48. The lowest BCUT2D eigenvalue weighted by Gasteiger charge is -1.99. The van der Waals surface area contributed by atoms with E-state index in [0.717, 1.165) is 0 Å². The van der Waals surface area contributed by atoms with Crippen molar-refractivity contribution in [3.63, 3.8) is 0 Å². The first-order chi connectivity index (χ1) is 6.59. The molecular weight excluding hydrogens is 229 g/mol. The number of carboxylic acid groups (broad SMARTS) is 1. The first-order valence-corrected chi connectivity index (χ1v) is 4.29. The summed E-state index contributed by atoms with van der Waals surface area (Å²) in [7, 11) is 0. The molecule has 0 aliphatic carbocycles. The molecule has 2 rings (SSSR count). The van der Waals surface area contributed by atoms with Gasteiger partial charge in [0.05, 0.1) is 0 Å². The molecule has 0 atom stereocenters. The summed E-state index contributed by atoms with van der Waals surface area (Å²) in [6, 6.07) is 3.12. The number of halogens is 2. The molecule has 0 aliphatic rings. The van der Waals surface area contributed by atoms with Gasteiger partial charge in [-0.1, -0.05) is 11.6 Å². The van der Waals surface area contributed by atoms with Crippen molar-refractivity contribution in [2.45, 2.75) is 0 Å². The number of nitrogens with zero attached hydrogens (tertiary/aromatic N) is 3. The Bertz CT molecular complexity index is 523. The maximum absolute atomic E-state index is 10.6. The fourth-order valence-electron chi connectivity index (χ4n) is 1.04. The Hall–Kier alpha value is -1.33. The van der Waals surface area contributed by atoms with Gasteiger partial charge in [0.1, 0.15) is 10.8 Å². The molecule has 0 fully saturated rings. The van der Waals surface area contributed by atoms with E-state index in [1.165, 1.54) is 4.40 Å². The molecule has 14 heavy (non-hydrogen) atoms. The highest BCUT2D eigenvalue weighted by Gasteiger charge is 2.12. The minimum absolute atomic E-state index is 0.0256. The molecule has 0 saturated carbocycles. The summed E-state index contributed by atoms with van der Waals surface area (Å²) in [6.07, 6.45) is 0. The fraction of sp³-hybridized carbons (Fsp3) is 0. The van der Waals surface area contributed by atoms with Crippen LogP contribution in [0.4, 0.5) is 0 Å². The molecule has 7 heteroatoms. The summed E-state index contributed by atoms with van der Waals surface area (Å²) in [5, 5.41) is 8.96. The lowest BCUT2D eigenvalue weighted by molar-refractivity contribution is 0.0683. The number of hydrogen-bond acceptors (Lipinski definition) is 3. The smallest absolute Gasteiger partial charge is 0.374 e. The van der Waals surface area contributed by atoms with Gasteiger partial charge in [0, 0.05) is 0 Å². The molecule has 0 spiro atoms. The van der Waals surface area contributed by atoms with Crippen molar-refractivity contribution in [1.82, 2.24) is 14.4 Å². The normalized spacial score (nSPS) is 10.7. The van der Waals surface area contributed by atoms with E-state index in [-0.39, 0.29) is 11.1 Å². The first kappa shape index (κ1) is 9.23. The van der Waals surface area contributed by atoms with Crippen LogP contribution in [0, 0.1) is 0 Å². The van der Waals surface area contributed by atoms with Crippen molar-refractivity contribution < 1.29 is 9.90 Å². The third-order valence-corrected chi connectivity index (χ3v) is 2.16. The minimum Gasteiger partial charge on any atom is -0.475 e. The largest absolute Gasteiger partial charge is 0.475 e. The zero-order valence-corrected chi connectivity index (χ0v) is 8.12. The maximum atomic E-state index is 10.6. The number of hydrogen-bond donors (Lipinski definition) is 1. The number of aromatic carboxylic acids is 1. The van der Waals surface area contributed by atoms with Crippen molar-refractivity contribution in [3.05, 3.63) is 28.4 Å². The molecular formula is C7H3Cl2N3O2. The Balaban J connectivity index is 2.80. The Labute approximate surface area is 87.9 Å². The van der Waals surface area contributed by atoms with Crippen molar-refractivity contribution in [2.75, 3.05) is 0 Å². The van der Waals surface area contributed by atoms with E-state index in [2.05, 4.69) is 9.97 Å². The first-order valence-electron chi connectivity index (χ1n) is 3.53. The second kappa shape index (κ2) is 3.11. The summed E-state index contributed by atoms with van der Waals surface area (Å²) in [6.45, 7) is 0. The topological polar surface area (TPSA) is 67.5 Å². The van der Waals surface area contributed by atoms with Gasteiger partial charge in [0.2, 0.25) is 11.1 Å². The van der Waals surface area contributed by atoms with Crippen LogP contribution in [0.2, 0.25) is 10.4 Å². The van der Waals surface area contributed by atoms with Crippen LogP contribution in [0.15, 0.2) is 12.1 Å². The molecule has 0 aromatic carbocycles. The van der Waals surface area contributed by atoms with Gasteiger partial charge < -0.3 is 5.11 Å². The maximum Gasteiger partial charge on any atom is 0.374 e. The lowest BCUT2D eigenvalue weighted by Crippen LogP contribution is -2.07. The van der Waals surface area contributed by atoms with Crippen LogP contribution in [-0.4, -0.2) is 25.4 Å². The number of aromatic nitrogens is 3. The summed E-state index contributed by atoms with van der Waals surface area (Å²) in [5.41, 5.74) is 0.354. The number of carbonyl (C=O) groups is 1. The van der Waals surface area contributed by atoms with Crippen LogP contribution in [0.5, 0.6) is 0 Å². The molecule has 72 valence electrons. The number of rotatable bonds is 1. The van der Waals surface area contributed by atoms with Gasteiger partial charge in [0.25, 0.3) is 0 Å². The minimum atomic E-state index is -1.23. The highest BCUT2D eigenvalue weighted by Crippen LogP contribution is 2.18. The molecule has 2 aromatic rings. The number of carboxylic acids is 1. The Kier molecular flexibility index (Phi) is 2.05. The van der Waals surface area contributed by atoms with E-state index in [1.807, 2.05) is 0 Å². The second-order valence-corrected chi connectivity index (χ2v) is 3.20. The second-order valence-electron chi connectivity index (χ2n) is 2.47. The van der Waals surface area contributed by atoms with Crippen molar-refractivity contribution in [3.8, 4) is 0 Å². The van der Waals surface area contributed by atoms with Crippen LogP contribution in [0.1, 0.15) is 10.6 Å². The summed E-state index contributed by atoms with van der Waals surface area (Å²) >= 11 is 11.5. The quantitative estimate of drug-likeness (QED) is 0.812. The molecule has 0 unspecified atom stereocenters. The van der Waals surface area contributed by atoms with Crippen molar-refractivity contribution >= 4 is 34.8 Å². The van der Waals surface area contributed by atoms with Crippen LogP contribution < -0.4 is 0 Å². The highest BCUT2D eigenvalue weighted by atomic mass is 35.5. The van der Waals surface area contributed by atoms with Gasteiger partial charge in [-0.15, -0.1) is 0 Å². The molecule has 0 aliphatic heterocycles. The predicted octanol–water partition coefficient (Wildman–Crippen LogP) is 1.73. The molecule has 1 N–H and O–H groups in total. The molecule has 0 saturated heterocycles. The molecule has 5 nitrogen and oxygen atoms in total. The van der Waals surface area contributed by atoms with Gasteiger partial charge in [-0.3, -0.25) is 4.40 Å². The standard InChI is InChI=1S/C7H3Cl2N3O2/c8-3-1-2-4-10-5(6(13)14)11-7(9)12(3)4/h1-2H,(H,13,14). The van der Waals surface area contributed by atoms with Gasteiger partial charge in [-0.2, -0.15) is 4.98 Å². The molecule has 0 bridgehead atoms. The van der Waals surface area contributed by atoms with Gasteiger partial charge in [-0.05, 0) is 23.7 Å². The number of fused-ring (bicyclic) bond motifs is 1. The summed E-state index contributed by atoms with van der Waals surface area (Å²) in [4.78, 5) is 17.9. The predicted molar refractivity (Wildman–Crippen MR) is 50.0 cm³/mol. The van der Waals surface area contributed by atoms with Crippen LogP contribution >= 0.6 is 23.2 Å². The summed E-state index contributed by atoms with van der Waals surface area (Å²) < 4.78 is 1.34. The monoisotopic (exact) mass is 231 g/mol. The lowest BCUT2D eigenvalue weighted by atomic mass is 10.6. The summed E-state index contributed by atoms with van der Waals surface area (Å²) in [5.74, 6) is -1.58. The molecule has 0 radical (unpaired) electrons. The van der Waals surface area contributed by atoms with E-state index >= 15 is 0 Å². The van der Waals surface area contributed by atoms with Crippen molar-refractivity contribution in [1.29, 1.82) is 0 Å². The van der Waals surface area contributed by atoms with Crippen molar-refractivity contribution in [2.24, 2.45) is 0 Å². The van der Waals surface area contributed by atoms with Gasteiger partial charge in [-0.25, -0.2) is 9.78 Å². The van der Waals surface area contributed by atoms with Crippen LogP contribution in [0.3, 0.4) is 0 Å². The van der Waals surface area contributed by atoms with Gasteiger partial charge >= 0.3 is 5.97 Å². The average molecular weight is 232 g/mol. The van der Waals surface area contributed by atoms with Crippen LogP contribution in [-0.2, 0) is 0 Å². The highest BCUT2D eigenvalue weighted by molar-refractivity contribution is 6.32. The van der Waals surface area contributed by atoms with Crippen LogP contribution in [0.25, 0.3) is 5.65 Å². The Morgan fingerprint density at radius 2 is 2.07 bits per heavy atom. The van der Waals surface area contributed by atoms with E-state index in [4.69, 9.17) is 28.3 Å². The Morgan fingerprint density at radius 1 is 1.36 bits per heavy atom. The Morgan fingerprint density at radius 3 is 2.71 bits per heavy atom. The van der Waals surface area contributed by atoms with Gasteiger partial charge in [0.15, 0.2) is 0 Å². The van der Waals surface area contributed by atoms with E-state index in [0.29, 0.717) is 10.8 Å². The van der Waals surface area contributed by atoms with E-state index in [1.54, 1.807) is 12.1 Å². The van der Waals surface area contributed by atoms with E-state index in [9.17, 15) is 4.79 Å². The molecule has 2 heterocycles. The SMILES string of the molecule is O=C(O)c1nc(Cl)n2c(Cl)ccc2n1. The zero-order chi connectivity index (χ0) is 10.3. The third-order valence-electron chi connectivity index (χ3n) is 1.61. The molecule has 2 aromatic heterocycles.